The van der Waals surface area contributed by atoms with Crippen LogP contribution in [0.3, 0.4) is 0 Å². The minimum absolute atomic E-state index is 0.0251. The van der Waals surface area contributed by atoms with Gasteiger partial charge in [0.25, 0.3) is 0 Å². The minimum atomic E-state index is -0.111. The molecule has 23 heavy (non-hydrogen) atoms. The maximum Gasteiger partial charge on any atom is 0.326 e. The van der Waals surface area contributed by atoms with Gasteiger partial charge in [-0.1, -0.05) is 44.2 Å². The number of aryl methyl sites for hydroxylation is 1. The molecule has 0 unspecified atom stereocenters. The quantitative estimate of drug-likeness (QED) is 0.909. The number of para-hydroxylation sites is 3. The van der Waals surface area contributed by atoms with Gasteiger partial charge in [-0.15, -0.1) is 0 Å². The first kappa shape index (κ1) is 15.4. The summed E-state index contributed by atoms with van der Waals surface area (Å²) in [6.45, 7) is 4.72. The van der Waals surface area contributed by atoms with Crippen LogP contribution in [0.1, 0.15) is 25.8 Å². The highest BCUT2D eigenvalue weighted by molar-refractivity contribution is 6.03. The van der Waals surface area contributed by atoms with Gasteiger partial charge in [0.1, 0.15) is 11.9 Å². The minimum Gasteiger partial charge on any atom is -0.486 e. The van der Waals surface area contributed by atoms with Crippen molar-refractivity contribution in [3.8, 4) is 5.75 Å². The van der Waals surface area contributed by atoms with Gasteiger partial charge < -0.3 is 10.1 Å². The van der Waals surface area contributed by atoms with Crippen LogP contribution in [0.15, 0.2) is 48.5 Å². The average molecular weight is 310 g/mol. The zero-order valence-corrected chi connectivity index (χ0v) is 13.6. The molecule has 0 radical (unpaired) electrons. The van der Waals surface area contributed by atoms with E-state index in [1.807, 2.05) is 48.5 Å². The van der Waals surface area contributed by atoms with Crippen molar-refractivity contribution in [1.82, 2.24) is 0 Å². The molecule has 3 rings (SSSR count). The first-order valence-electron chi connectivity index (χ1n) is 8.15. The Hall–Kier alpha value is -2.49. The normalized spacial score (nSPS) is 16.4. The number of benzene rings is 2. The van der Waals surface area contributed by atoms with Gasteiger partial charge in [0.2, 0.25) is 0 Å². The molecule has 0 spiro atoms. The van der Waals surface area contributed by atoms with Gasteiger partial charge in [-0.3, -0.25) is 4.90 Å². The van der Waals surface area contributed by atoms with Gasteiger partial charge in [-0.25, -0.2) is 4.79 Å². The summed E-state index contributed by atoms with van der Waals surface area (Å²) in [5.41, 5.74) is 2.83. The van der Waals surface area contributed by atoms with Gasteiger partial charge in [0.15, 0.2) is 0 Å². The molecule has 0 saturated heterocycles. The molecule has 1 N–H and O–H groups in total. The second-order valence-corrected chi connectivity index (χ2v) is 5.67. The topological polar surface area (TPSA) is 41.6 Å². The molecule has 0 bridgehead atoms. The second-order valence-electron chi connectivity index (χ2n) is 5.67. The summed E-state index contributed by atoms with van der Waals surface area (Å²) in [6.07, 6.45) is 1.77. The fourth-order valence-electron chi connectivity index (χ4n) is 2.84. The van der Waals surface area contributed by atoms with Crippen molar-refractivity contribution >= 4 is 17.4 Å². The van der Waals surface area contributed by atoms with Gasteiger partial charge in [-0.05, 0) is 36.6 Å². The van der Waals surface area contributed by atoms with Crippen LogP contribution >= 0.6 is 0 Å². The number of fused-ring (bicyclic) bond motifs is 1. The number of amides is 2. The molecule has 2 aromatic rings. The Kier molecular flexibility index (Phi) is 4.51. The lowest BCUT2D eigenvalue weighted by molar-refractivity contribution is 0.188. The molecular formula is C19H22N2O2. The smallest absolute Gasteiger partial charge is 0.326 e. The van der Waals surface area contributed by atoms with Crippen molar-refractivity contribution in [2.24, 2.45) is 0 Å². The zero-order chi connectivity index (χ0) is 16.2. The van der Waals surface area contributed by atoms with Crippen LogP contribution in [0, 0.1) is 0 Å². The van der Waals surface area contributed by atoms with E-state index in [4.69, 9.17) is 4.74 Å². The number of anilines is 2. The third-order valence-electron chi connectivity index (χ3n) is 4.18. The highest BCUT2D eigenvalue weighted by Crippen LogP contribution is 2.34. The highest BCUT2D eigenvalue weighted by atomic mass is 16.5. The summed E-state index contributed by atoms with van der Waals surface area (Å²) >= 11 is 0. The molecule has 1 heterocycles. The molecule has 0 saturated carbocycles. The van der Waals surface area contributed by atoms with E-state index in [0.29, 0.717) is 6.54 Å². The van der Waals surface area contributed by atoms with Crippen molar-refractivity contribution in [2.75, 3.05) is 16.8 Å². The maximum absolute atomic E-state index is 12.8. The molecule has 0 fully saturated rings. The summed E-state index contributed by atoms with van der Waals surface area (Å²) < 4.78 is 5.93. The molecule has 2 amide bonds. The summed E-state index contributed by atoms with van der Waals surface area (Å²) in [5.74, 6) is 0.768. The average Bonchev–Trinajstić information content (AvgIpc) is 2.61. The van der Waals surface area contributed by atoms with E-state index in [-0.39, 0.29) is 12.1 Å². The Bertz CT molecular complexity index is 699. The van der Waals surface area contributed by atoms with Crippen molar-refractivity contribution < 1.29 is 9.53 Å². The zero-order valence-electron chi connectivity index (χ0n) is 13.6. The Morgan fingerprint density at radius 3 is 2.70 bits per heavy atom. The van der Waals surface area contributed by atoms with Crippen molar-refractivity contribution in [3.63, 3.8) is 0 Å². The van der Waals surface area contributed by atoms with E-state index in [0.717, 1.165) is 35.5 Å². The third kappa shape index (κ3) is 3.16. The fraction of sp³-hybridized carbons (Fsp3) is 0.316. The molecule has 1 atom stereocenters. The summed E-state index contributed by atoms with van der Waals surface area (Å²) in [5, 5.41) is 3.05. The maximum atomic E-state index is 12.8. The molecule has 1 aliphatic rings. The number of ether oxygens (including phenoxy) is 1. The third-order valence-corrected chi connectivity index (χ3v) is 4.18. The predicted molar refractivity (Wildman–Crippen MR) is 93.3 cm³/mol. The van der Waals surface area contributed by atoms with E-state index in [1.165, 1.54) is 0 Å². The van der Waals surface area contributed by atoms with E-state index in [9.17, 15) is 4.79 Å². The molecule has 0 aliphatic carbocycles. The molecule has 4 nitrogen and oxygen atoms in total. The van der Waals surface area contributed by atoms with E-state index in [2.05, 4.69) is 19.2 Å². The Morgan fingerprint density at radius 2 is 1.91 bits per heavy atom. The van der Waals surface area contributed by atoms with Crippen molar-refractivity contribution in [3.05, 3.63) is 54.1 Å². The fourth-order valence-corrected chi connectivity index (χ4v) is 2.84. The molecule has 2 aromatic carbocycles. The molecular weight excluding hydrogens is 288 g/mol. The van der Waals surface area contributed by atoms with Gasteiger partial charge in [-0.2, -0.15) is 0 Å². The van der Waals surface area contributed by atoms with Crippen LogP contribution in [0.2, 0.25) is 0 Å². The highest BCUT2D eigenvalue weighted by Gasteiger charge is 2.28. The molecule has 4 heteroatoms. The number of rotatable bonds is 3. The lowest BCUT2D eigenvalue weighted by atomic mass is 10.1. The standard InChI is InChI=1S/C19H22N2O2/c1-3-14-9-5-6-10-16(14)20-19(22)21-13-15(4-2)23-18-12-8-7-11-17(18)21/h5-12,15H,3-4,13H2,1-2H3,(H,20,22)/t15-/m1/s1. The molecule has 1 aliphatic heterocycles. The lowest BCUT2D eigenvalue weighted by Gasteiger charge is -2.34. The van der Waals surface area contributed by atoms with Crippen LogP contribution in [-0.2, 0) is 6.42 Å². The van der Waals surface area contributed by atoms with Crippen LogP contribution in [-0.4, -0.2) is 18.7 Å². The Morgan fingerprint density at radius 1 is 1.17 bits per heavy atom. The second kappa shape index (κ2) is 6.73. The van der Waals surface area contributed by atoms with Gasteiger partial charge in [0, 0.05) is 5.69 Å². The Balaban J connectivity index is 1.87. The molecule has 0 aromatic heterocycles. The Labute approximate surface area is 137 Å². The van der Waals surface area contributed by atoms with Crippen LogP contribution < -0.4 is 15.0 Å². The van der Waals surface area contributed by atoms with Crippen LogP contribution in [0.5, 0.6) is 5.75 Å². The number of carbonyl (C=O) groups excluding carboxylic acids is 1. The van der Waals surface area contributed by atoms with Crippen molar-refractivity contribution in [1.29, 1.82) is 0 Å². The number of hydrogen-bond acceptors (Lipinski definition) is 2. The monoisotopic (exact) mass is 310 g/mol. The number of carbonyl (C=O) groups is 1. The summed E-state index contributed by atoms with van der Waals surface area (Å²) in [4.78, 5) is 14.6. The largest absolute Gasteiger partial charge is 0.486 e. The first-order chi connectivity index (χ1) is 11.2. The van der Waals surface area contributed by atoms with Crippen LogP contribution in [0.4, 0.5) is 16.2 Å². The summed E-state index contributed by atoms with van der Waals surface area (Å²) in [6, 6.07) is 15.5. The predicted octanol–water partition coefficient (Wildman–Crippen LogP) is 4.46. The van der Waals surface area contributed by atoms with Crippen LogP contribution in [0.25, 0.3) is 0 Å². The number of nitrogens with zero attached hydrogens (tertiary/aromatic N) is 1. The summed E-state index contributed by atoms with van der Waals surface area (Å²) in [7, 11) is 0. The van der Waals surface area contributed by atoms with Gasteiger partial charge in [0.05, 0.1) is 12.2 Å². The molecule has 120 valence electrons. The van der Waals surface area contributed by atoms with E-state index in [1.54, 1.807) is 4.90 Å². The first-order valence-corrected chi connectivity index (χ1v) is 8.15. The number of nitrogens with one attached hydrogen (secondary N) is 1. The number of urea groups is 1. The van der Waals surface area contributed by atoms with E-state index >= 15 is 0 Å². The van der Waals surface area contributed by atoms with E-state index < -0.39 is 0 Å². The SMILES string of the molecule is CCc1ccccc1NC(=O)N1C[C@@H](CC)Oc2ccccc21. The van der Waals surface area contributed by atoms with Gasteiger partial charge >= 0.3 is 6.03 Å². The lowest BCUT2D eigenvalue weighted by Crippen LogP contribution is -2.45. The van der Waals surface area contributed by atoms with Crippen molar-refractivity contribution in [2.45, 2.75) is 32.8 Å². The number of hydrogen-bond donors (Lipinski definition) is 1.